The first-order valence-electron chi connectivity index (χ1n) is 6.79. The zero-order chi connectivity index (χ0) is 13.3. The number of nitrogen functional groups attached to an aromatic ring is 1. The lowest BCUT2D eigenvalue weighted by Crippen LogP contribution is -2.33. The molecule has 0 aliphatic heterocycles. The van der Waals surface area contributed by atoms with Gasteiger partial charge in [-0.2, -0.15) is 0 Å². The summed E-state index contributed by atoms with van der Waals surface area (Å²) in [4.78, 5) is 0. The Bertz CT molecular complexity index is 431. The lowest BCUT2D eigenvalue weighted by atomic mass is 9.80. The number of anilines is 2. The van der Waals surface area contributed by atoms with Gasteiger partial charge in [-0.1, -0.05) is 13.8 Å². The molecule has 100 valence electrons. The molecule has 3 unspecified atom stereocenters. The molecular formula is C15H23BrN2. The van der Waals surface area contributed by atoms with Crippen molar-refractivity contribution >= 4 is 27.3 Å². The van der Waals surface area contributed by atoms with Gasteiger partial charge in [0.15, 0.2) is 0 Å². The molecule has 2 nitrogen and oxygen atoms in total. The second kappa shape index (κ2) is 5.52. The average Bonchev–Trinajstić information content (AvgIpc) is 2.29. The SMILES string of the molecule is Cc1cc(NC2CCC(C)CC2C)c(Br)cc1N. The van der Waals surface area contributed by atoms with E-state index in [4.69, 9.17) is 5.73 Å². The molecular weight excluding hydrogens is 288 g/mol. The number of benzene rings is 1. The van der Waals surface area contributed by atoms with Crippen molar-refractivity contribution in [3.8, 4) is 0 Å². The second-order valence-electron chi connectivity index (χ2n) is 5.83. The number of hydrogen-bond donors (Lipinski definition) is 2. The van der Waals surface area contributed by atoms with Crippen LogP contribution in [0.3, 0.4) is 0 Å². The molecule has 1 saturated carbocycles. The van der Waals surface area contributed by atoms with E-state index in [9.17, 15) is 0 Å². The molecule has 0 heterocycles. The van der Waals surface area contributed by atoms with Crippen molar-refractivity contribution in [3.63, 3.8) is 0 Å². The van der Waals surface area contributed by atoms with Crippen molar-refractivity contribution in [1.29, 1.82) is 0 Å². The monoisotopic (exact) mass is 310 g/mol. The molecule has 1 aliphatic rings. The minimum absolute atomic E-state index is 0.584. The number of rotatable bonds is 2. The van der Waals surface area contributed by atoms with Crippen LogP contribution >= 0.6 is 15.9 Å². The van der Waals surface area contributed by atoms with Gasteiger partial charge in [0.05, 0.1) is 0 Å². The van der Waals surface area contributed by atoms with E-state index in [2.05, 4.69) is 48.1 Å². The van der Waals surface area contributed by atoms with Crippen LogP contribution < -0.4 is 11.1 Å². The summed E-state index contributed by atoms with van der Waals surface area (Å²) in [5.41, 5.74) is 9.07. The van der Waals surface area contributed by atoms with Crippen LogP contribution in [-0.2, 0) is 0 Å². The highest BCUT2D eigenvalue weighted by atomic mass is 79.9. The Morgan fingerprint density at radius 2 is 2.00 bits per heavy atom. The van der Waals surface area contributed by atoms with Crippen LogP contribution in [0.2, 0.25) is 0 Å². The minimum Gasteiger partial charge on any atom is -0.398 e. The van der Waals surface area contributed by atoms with Crippen LogP contribution in [0.4, 0.5) is 11.4 Å². The molecule has 0 radical (unpaired) electrons. The van der Waals surface area contributed by atoms with E-state index in [1.807, 2.05) is 6.07 Å². The summed E-state index contributed by atoms with van der Waals surface area (Å²) >= 11 is 3.60. The third-order valence-corrected chi connectivity index (χ3v) is 4.78. The maximum absolute atomic E-state index is 5.91. The van der Waals surface area contributed by atoms with Crippen molar-refractivity contribution in [2.24, 2.45) is 11.8 Å². The molecule has 1 fully saturated rings. The highest BCUT2D eigenvalue weighted by molar-refractivity contribution is 9.10. The Kier molecular flexibility index (Phi) is 4.21. The van der Waals surface area contributed by atoms with E-state index in [1.165, 1.54) is 24.9 Å². The molecule has 3 atom stereocenters. The van der Waals surface area contributed by atoms with E-state index in [0.717, 1.165) is 27.6 Å². The van der Waals surface area contributed by atoms with Crippen LogP contribution in [0.25, 0.3) is 0 Å². The van der Waals surface area contributed by atoms with Gasteiger partial charge in [0.1, 0.15) is 0 Å². The summed E-state index contributed by atoms with van der Waals surface area (Å²) in [6, 6.07) is 4.72. The highest BCUT2D eigenvalue weighted by Crippen LogP contribution is 2.34. The quantitative estimate of drug-likeness (QED) is 0.785. The molecule has 18 heavy (non-hydrogen) atoms. The molecule has 0 aromatic heterocycles. The maximum Gasteiger partial charge on any atom is 0.0491 e. The molecule has 0 saturated heterocycles. The Labute approximate surface area is 118 Å². The molecule has 3 heteroatoms. The zero-order valence-corrected chi connectivity index (χ0v) is 13.0. The molecule has 1 aliphatic carbocycles. The van der Waals surface area contributed by atoms with Gasteiger partial charge < -0.3 is 11.1 Å². The van der Waals surface area contributed by atoms with Crippen LogP contribution in [0.1, 0.15) is 38.7 Å². The number of hydrogen-bond acceptors (Lipinski definition) is 2. The van der Waals surface area contributed by atoms with Crippen LogP contribution in [0.15, 0.2) is 16.6 Å². The van der Waals surface area contributed by atoms with E-state index in [1.54, 1.807) is 0 Å². The highest BCUT2D eigenvalue weighted by Gasteiger charge is 2.25. The van der Waals surface area contributed by atoms with Crippen LogP contribution in [0, 0.1) is 18.8 Å². The van der Waals surface area contributed by atoms with Crippen molar-refractivity contribution < 1.29 is 0 Å². The van der Waals surface area contributed by atoms with Gasteiger partial charge in [0.25, 0.3) is 0 Å². The predicted octanol–water partition coefficient (Wildman–Crippen LogP) is 4.58. The van der Waals surface area contributed by atoms with Crippen LogP contribution in [-0.4, -0.2) is 6.04 Å². The smallest absolute Gasteiger partial charge is 0.0491 e. The first-order valence-corrected chi connectivity index (χ1v) is 7.59. The Balaban J connectivity index is 2.12. The molecule has 3 N–H and O–H groups in total. The minimum atomic E-state index is 0.584. The number of aryl methyl sites for hydroxylation is 1. The molecule has 2 rings (SSSR count). The first-order chi connectivity index (χ1) is 8.47. The van der Waals surface area contributed by atoms with Gasteiger partial charge in [-0.05, 0) is 71.6 Å². The van der Waals surface area contributed by atoms with Gasteiger partial charge in [-0.25, -0.2) is 0 Å². The molecule has 1 aromatic rings. The Morgan fingerprint density at radius 3 is 2.67 bits per heavy atom. The normalized spacial score (nSPS) is 28.1. The number of nitrogens with one attached hydrogen (secondary N) is 1. The third-order valence-electron chi connectivity index (χ3n) is 4.13. The van der Waals surface area contributed by atoms with Gasteiger partial charge in [0, 0.05) is 21.9 Å². The standard InChI is InChI=1S/C15H23BrN2/c1-9-4-5-14(11(3)6-9)18-15-7-10(2)13(17)8-12(15)16/h7-9,11,14,18H,4-6,17H2,1-3H3. The molecule has 1 aromatic carbocycles. The lowest BCUT2D eigenvalue weighted by Gasteiger charge is -2.34. The summed E-state index contributed by atoms with van der Waals surface area (Å²) in [6.45, 7) is 6.76. The van der Waals surface area contributed by atoms with Crippen LogP contribution in [0.5, 0.6) is 0 Å². The van der Waals surface area contributed by atoms with Crippen molar-refractivity contribution in [2.75, 3.05) is 11.1 Å². The Hall–Kier alpha value is -0.700. The fraction of sp³-hybridized carbons (Fsp3) is 0.600. The topological polar surface area (TPSA) is 38.0 Å². The van der Waals surface area contributed by atoms with Gasteiger partial charge in [0.2, 0.25) is 0 Å². The number of halogens is 1. The fourth-order valence-electron chi connectivity index (χ4n) is 2.89. The molecule has 0 amide bonds. The number of nitrogens with two attached hydrogens (primary N) is 1. The van der Waals surface area contributed by atoms with Crippen molar-refractivity contribution in [2.45, 2.75) is 46.1 Å². The van der Waals surface area contributed by atoms with Crippen molar-refractivity contribution in [1.82, 2.24) is 0 Å². The summed E-state index contributed by atoms with van der Waals surface area (Å²) in [7, 11) is 0. The zero-order valence-electron chi connectivity index (χ0n) is 11.5. The summed E-state index contributed by atoms with van der Waals surface area (Å²) in [5.74, 6) is 1.60. The van der Waals surface area contributed by atoms with E-state index >= 15 is 0 Å². The Morgan fingerprint density at radius 1 is 1.28 bits per heavy atom. The molecule has 0 spiro atoms. The summed E-state index contributed by atoms with van der Waals surface area (Å²) < 4.78 is 1.07. The predicted molar refractivity (Wildman–Crippen MR) is 82.9 cm³/mol. The van der Waals surface area contributed by atoms with Crippen molar-refractivity contribution in [3.05, 3.63) is 22.2 Å². The van der Waals surface area contributed by atoms with Gasteiger partial charge in [-0.15, -0.1) is 0 Å². The maximum atomic E-state index is 5.91. The lowest BCUT2D eigenvalue weighted by molar-refractivity contribution is 0.276. The second-order valence-corrected chi connectivity index (χ2v) is 6.69. The van der Waals surface area contributed by atoms with Gasteiger partial charge in [-0.3, -0.25) is 0 Å². The first kappa shape index (κ1) is 13.7. The summed E-state index contributed by atoms with van der Waals surface area (Å²) in [5, 5.41) is 3.69. The summed E-state index contributed by atoms with van der Waals surface area (Å²) in [6.07, 6.45) is 3.91. The average molecular weight is 311 g/mol. The fourth-order valence-corrected chi connectivity index (χ4v) is 3.36. The van der Waals surface area contributed by atoms with E-state index in [-0.39, 0.29) is 0 Å². The van der Waals surface area contributed by atoms with E-state index < -0.39 is 0 Å². The van der Waals surface area contributed by atoms with E-state index in [0.29, 0.717) is 6.04 Å². The third kappa shape index (κ3) is 3.00. The largest absolute Gasteiger partial charge is 0.398 e. The van der Waals surface area contributed by atoms with Gasteiger partial charge >= 0.3 is 0 Å². The molecule has 0 bridgehead atoms.